The average molecular weight is 255 g/mol. The predicted octanol–water partition coefficient (Wildman–Crippen LogP) is 3.04. The highest BCUT2D eigenvalue weighted by Gasteiger charge is 2.21. The average Bonchev–Trinajstić information content (AvgIpc) is 2.35. The highest BCUT2D eigenvalue weighted by Crippen LogP contribution is 2.23. The quantitative estimate of drug-likeness (QED) is 0.652. The molecule has 0 spiro atoms. The van der Waals surface area contributed by atoms with Crippen molar-refractivity contribution in [3.8, 4) is 0 Å². The molecule has 1 aliphatic carbocycles. The van der Waals surface area contributed by atoms with Gasteiger partial charge >= 0.3 is 5.97 Å². The van der Waals surface area contributed by atoms with Gasteiger partial charge in [0.05, 0.1) is 5.56 Å². The number of carbonyl (C=O) groups excluding carboxylic acids is 1. The molecule has 1 aromatic rings. The summed E-state index contributed by atoms with van der Waals surface area (Å²) in [4.78, 5) is 11.8. The molecule has 0 atom stereocenters. The Balaban J connectivity index is 2.10. The van der Waals surface area contributed by atoms with Crippen molar-refractivity contribution in [1.82, 2.24) is 0 Å². The van der Waals surface area contributed by atoms with Gasteiger partial charge in [0.15, 0.2) is 11.6 Å². The van der Waals surface area contributed by atoms with Gasteiger partial charge in [0.1, 0.15) is 6.10 Å². The van der Waals surface area contributed by atoms with Crippen LogP contribution in [0.2, 0.25) is 0 Å². The van der Waals surface area contributed by atoms with Crippen LogP contribution < -0.4 is 5.73 Å². The third-order valence-corrected chi connectivity index (χ3v) is 3.14. The number of hydrogen-bond donors (Lipinski definition) is 1. The van der Waals surface area contributed by atoms with E-state index in [4.69, 9.17) is 10.5 Å². The second-order valence-corrected chi connectivity index (χ2v) is 4.52. The monoisotopic (exact) mass is 255 g/mol. The van der Waals surface area contributed by atoms with Crippen LogP contribution >= 0.6 is 0 Å². The summed E-state index contributed by atoms with van der Waals surface area (Å²) in [5.41, 5.74) is 5.28. The van der Waals surface area contributed by atoms with E-state index in [2.05, 4.69) is 0 Å². The molecule has 18 heavy (non-hydrogen) atoms. The molecule has 98 valence electrons. The molecule has 0 saturated heterocycles. The van der Waals surface area contributed by atoms with Gasteiger partial charge in [0.2, 0.25) is 0 Å². The van der Waals surface area contributed by atoms with Gasteiger partial charge in [-0.3, -0.25) is 0 Å². The van der Waals surface area contributed by atoms with E-state index in [-0.39, 0.29) is 17.4 Å². The summed E-state index contributed by atoms with van der Waals surface area (Å²) in [7, 11) is 0. The van der Waals surface area contributed by atoms with Crippen LogP contribution in [0.25, 0.3) is 0 Å². The summed E-state index contributed by atoms with van der Waals surface area (Å²) in [5, 5.41) is 0. The number of anilines is 1. The third-order valence-electron chi connectivity index (χ3n) is 3.14. The Morgan fingerprint density at radius 1 is 1.17 bits per heavy atom. The summed E-state index contributed by atoms with van der Waals surface area (Å²) in [5.74, 6) is -2.85. The van der Waals surface area contributed by atoms with Crippen molar-refractivity contribution < 1.29 is 18.3 Å². The molecule has 0 bridgehead atoms. The molecule has 1 aliphatic rings. The summed E-state index contributed by atoms with van der Waals surface area (Å²) in [6, 6.07) is 1.59. The Kier molecular flexibility index (Phi) is 3.79. The number of carbonyl (C=O) groups is 1. The molecule has 0 unspecified atom stereocenters. The molecule has 0 amide bonds. The number of rotatable bonds is 2. The maximum atomic E-state index is 13.1. The van der Waals surface area contributed by atoms with Crippen LogP contribution in [0.5, 0.6) is 0 Å². The van der Waals surface area contributed by atoms with Gasteiger partial charge in [-0.2, -0.15) is 0 Å². The Labute approximate surface area is 104 Å². The standard InChI is InChI=1S/C13H15F2NO2/c14-10-6-9(12(16)7-11(10)15)13(17)18-8-4-2-1-3-5-8/h6-8H,1-5,16H2. The lowest BCUT2D eigenvalue weighted by Crippen LogP contribution is -2.21. The summed E-state index contributed by atoms with van der Waals surface area (Å²) >= 11 is 0. The molecular formula is C13H15F2NO2. The van der Waals surface area contributed by atoms with Crippen molar-refractivity contribution in [3.05, 3.63) is 29.3 Å². The SMILES string of the molecule is Nc1cc(F)c(F)cc1C(=O)OC1CCCCC1. The minimum Gasteiger partial charge on any atom is -0.459 e. The lowest BCUT2D eigenvalue weighted by molar-refractivity contribution is 0.0212. The van der Waals surface area contributed by atoms with Gasteiger partial charge in [-0.25, -0.2) is 13.6 Å². The van der Waals surface area contributed by atoms with E-state index in [0.717, 1.165) is 44.2 Å². The van der Waals surface area contributed by atoms with Gasteiger partial charge in [-0.1, -0.05) is 6.42 Å². The van der Waals surface area contributed by atoms with Crippen molar-refractivity contribution in [1.29, 1.82) is 0 Å². The summed E-state index contributed by atoms with van der Waals surface area (Å²) < 4.78 is 31.2. The fourth-order valence-electron chi connectivity index (χ4n) is 2.14. The van der Waals surface area contributed by atoms with E-state index in [1.807, 2.05) is 0 Å². The largest absolute Gasteiger partial charge is 0.459 e. The van der Waals surface area contributed by atoms with Crippen LogP contribution in [-0.2, 0) is 4.74 Å². The number of esters is 1. The molecule has 1 aromatic carbocycles. The zero-order chi connectivity index (χ0) is 13.1. The van der Waals surface area contributed by atoms with Crippen LogP contribution in [0.15, 0.2) is 12.1 Å². The molecule has 2 rings (SSSR count). The van der Waals surface area contributed by atoms with Crippen molar-refractivity contribution >= 4 is 11.7 Å². The minimum atomic E-state index is -1.10. The number of nitrogens with two attached hydrogens (primary N) is 1. The maximum absolute atomic E-state index is 13.1. The Bertz CT molecular complexity index is 457. The number of nitrogen functional groups attached to an aromatic ring is 1. The zero-order valence-corrected chi connectivity index (χ0v) is 9.92. The van der Waals surface area contributed by atoms with Crippen LogP contribution in [0.3, 0.4) is 0 Å². The van der Waals surface area contributed by atoms with Crippen LogP contribution in [0.1, 0.15) is 42.5 Å². The molecule has 0 aliphatic heterocycles. The Morgan fingerprint density at radius 2 is 1.78 bits per heavy atom. The normalized spacial score (nSPS) is 16.6. The Morgan fingerprint density at radius 3 is 2.44 bits per heavy atom. The van der Waals surface area contributed by atoms with Crippen LogP contribution in [0, 0.1) is 11.6 Å². The Hall–Kier alpha value is -1.65. The molecule has 0 radical (unpaired) electrons. The molecule has 3 nitrogen and oxygen atoms in total. The maximum Gasteiger partial charge on any atom is 0.340 e. The van der Waals surface area contributed by atoms with Gasteiger partial charge in [-0.15, -0.1) is 0 Å². The zero-order valence-electron chi connectivity index (χ0n) is 9.92. The lowest BCUT2D eigenvalue weighted by atomic mass is 9.98. The smallest absolute Gasteiger partial charge is 0.340 e. The van der Waals surface area contributed by atoms with Gasteiger partial charge in [0.25, 0.3) is 0 Å². The lowest BCUT2D eigenvalue weighted by Gasteiger charge is -2.22. The molecule has 2 N–H and O–H groups in total. The van der Waals surface area contributed by atoms with E-state index in [1.165, 1.54) is 0 Å². The highest BCUT2D eigenvalue weighted by molar-refractivity contribution is 5.95. The van der Waals surface area contributed by atoms with E-state index < -0.39 is 17.6 Å². The van der Waals surface area contributed by atoms with Gasteiger partial charge < -0.3 is 10.5 Å². The van der Waals surface area contributed by atoms with E-state index in [1.54, 1.807) is 0 Å². The molecular weight excluding hydrogens is 240 g/mol. The number of hydrogen-bond acceptors (Lipinski definition) is 3. The van der Waals surface area contributed by atoms with Crippen molar-refractivity contribution in [2.75, 3.05) is 5.73 Å². The fraction of sp³-hybridized carbons (Fsp3) is 0.462. The molecule has 0 aromatic heterocycles. The third kappa shape index (κ3) is 2.78. The van der Waals surface area contributed by atoms with Crippen molar-refractivity contribution in [3.63, 3.8) is 0 Å². The van der Waals surface area contributed by atoms with Crippen molar-refractivity contribution in [2.45, 2.75) is 38.2 Å². The first-order valence-corrected chi connectivity index (χ1v) is 6.03. The van der Waals surface area contributed by atoms with Crippen LogP contribution in [0.4, 0.5) is 14.5 Å². The van der Waals surface area contributed by atoms with Gasteiger partial charge in [-0.05, 0) is 31.7 Å². The number of benzene rings is 1. The second kappa shape index (κ2) is 5.33. The topological polar surface area (TPSA) is 52.3 Å². The fourth-order valence-corrected chi connectivity index (χ4v) is 2.14. The predicted molar refractivity (Wildman–Crippen MR) is 63.1 cm³/mol. The number of ether oxygens (including phenoxy) is 1. The second-order valence-electron chi connectivity index (χ2n) is 4.52. The molecule has 0 heterocycles. The van der Waals surface area contributed by atoms with E-state index in [0.29, 0.717) is 0 Å². The van der Waals surface area contributed by atoms with Crippen molar-refractivity contribution in [2.24, 2.45) is 0 Å². The first-order chi connectivity index (χ1) is 8.58. The minimum absolute atomic E-state index is 0.102. The molecule has 1 fully saturated rings. The van der Waals surface area contributed by atoms with E-state index in [9.17, 15) is 13.6 Å². The van der Waals surface area contributed by atoms with E-state index >= 15 is 0 Å². The summed E-state index contributed by atoms with van der Waals surface area (Å²) in [6.45, 7) is 0. The molecule has 1 saturated carbocycles. The number of halogens is 2. The first-order valence-electron chi connectivity index (χ1n) is 6.03. The first kappa shape index (κ1) is 12.8. The highest BCUT2D eigenvalue weighted by atomic mass is 19.2. The summed E-state index contributed by atoms with van der Waals surface area (Å²) in [6.07, 6.45) is 4.67. The molecule has 5 heteroatoms. The van der Waals surface area contributed by atoms with Crippen LogP contribution in [-0.4, -0.2) is 12.1 Å². The van der Waals surface area contributed by atoms with Gasteiger partial charge in [0, 0.05) is 11.8 Å².